The third-order valence-corrected chi connectivity index (χ3v) is 11.1. The minimum Gasteiger partial charge on any atom is -0.464 e. The topological polar surface area (TPSA) is 101 Å². The fourth-order valence-electron chi connectivity index (χ4n) is 6.96. The third-order valence-electron chi connectivity index (χ3n) is 9.55. The van der Waals surface area contributed by atoms with Crippen molar-refractivity contribution in [3.63, 3.8) is 0 Å². The summed E-state index contributed by atoms with van der Waals surface area (Å²) < 4.78 is 13.9. The van der Waals surface area contributed by atoms with Crippen LogP contribution in [-0.2, 0) is 9.53 Å². The Bertz CT molecular complexity index is 2010. The van der Waals surface area contributed by atoms with Gasteiger partial charge in [-0.1, -0.05) is 45.4 Å². The number of nitrogens with one attached hydrogen (secondary N) is 2. The molecule has 0 bridgehead atoms. The standard InChI is InChI=1S/C36H36ClN5O4S.C2H6/c1-19(2)32(40-36(44)45-3)34(43)41-14-4-5-27(41)33-38-18-25(39-33)21-8-10-24-28-16-22-15-23(37)9-11-26(22)42(28)35(46-29(24)17-21)31-13-12-30(47-31)20-6-7-20;1-2/h8-13,15-20,27,32,35H,4-7,14H2,1-3H3,(H,38,39)(H,40,44);1-2H3/t27-,32-,35?;/m0./s1. The number of amides is 2. The number of likely N-dealkylation sites (tertiary alicyclic amines) is 1. The van der Waals surface area contributed by atoms with Gasteiger partial charge in [-0.15, -0.1) is 11.3 Å². The lowest BCUT2D eigenvalue weighted by molar-refractivity contribution is -0.135. The van der Waals surface area contributed by atoms with Crippen LogP contribution in [0.3, 0.4) is 0 Å². The number of thiophene rings is 1. The summed E-state index contributed by atoms with van der Waals surface area (Å²) in [4.78, 5) is 38.3. The van der Waals surface area contributed by atoms with Gasteiger partial charge in [0.1, 0.15) is 17.6 Å². The van der Waals surface area contributed by atoms with E-state index in [2.05, 4.69) is 57.3 Å². The van der Waals surface area contributed by atoms with Crippen LogP contribution in [0.1, 0.15) is 87.1 Å². The highest BCUT2D eigenvalue weighted by atomic mass is 35.5. The maximum absolute atomic E-state index is 13.6. The van der Waals surface area contributed by atoms with Crippen molar-refractivity contribution >= 4 is 45.8 Å². The van der Waals surface area contributed by atoms with E-state index in [1.165, 1.54) is 29.7 Å². The lowest BCUT2D eigenvalue weighted by Gasteiger charge is -2.30. The quantitative estimate of drug-likeness (QED) is 0.176. The van der Waals surface area contributed by atoms with Gasteiger partial charge in [0.2, 0.25) is 12.1 Å². The molecule has 5 aromatic rings. The molecule has 0 radical (unpaired) electrons. The van der Waals surface area contributed by atoms with E-state index in [1.54, 1.807) is 0 Å². The molecule has 49 heavy (non-hydrogen) atoms. The van der Waals surface area contributed by atoms with E-state index in [0.29, 0.717) is 17.5 Å². The maximum atomic E-state index is 13.6. The number of halogens is 1. The average molecular weight is 700 g/mol. The molecule has 256 valence electrons. The highest BCUT2D eigenvalue weighted by molar-refractivity contribution is 7.12. The molecule has 1 aliphatic carbocycles. The average Bonchev–Trinajstić information content (AvgIpc) is 3.52. The van der Waals surface area contributed by atoms with Crippen molar-refractivity contribution in [1.29, 1.82) is 0 Å². The van der Waals surface area contributed by atoms with Crippen LogP contribution in [0.2, 0.25) is 5.02 Å². The number of alkyl carbamates (subject to hydrolysis) is 1. The molecule has 2 N–H and O–H groups in total. The van der Waals surface area contributed by atoms with Gasteiger partial charge in [-0.2, -0.15) is 0 Å². The second-order valence-electron chi connectivity index (χ2n) is 13.0. The van der Waals surface area contributed by atoms with Crippen molar-refractivity contribution in [1.82, 2.24) is 24.8 Å². The summed E-state index contributed by atoms with van der Waals surface area (Å²) in [7, 11) is 1.30. The van der Waals surface area contributed by atoms with E-state index in [4.69, 9.17) is 26.1 Å². The van der Waals surface area contributed by atoms with E-state index in [1.807, 2.05) is 62.3 Å². The van der Waals surface area contributed by atoms with Crippen LogP contribution >= 0.6 is 22.9 Å². The molecular weight excluding hydrogens is 658 g/mol. The van der Waals surface area contributed by atoms with Crippen LogP contribution in [0, 0.1) is 5.92 Å². The molecule has 1 saturated heterocycles. The number of hydrogen-bond donors (Lipinski definition) is 2. The molecular formula is C38H42ClN5O4S. The Labute approximate surface area is 295 Å². The fourth-order valence-corrected chi connectivity index (χ4v) is 8.34. The summed E-state index contributed by atoms with van der Waals surface area (Å²) in [6.07, 6.45) is 5.07. The van der Waals surface area contributed by atoms with Crippen molar-refractivity contribution in [3.05, 3.63) is 81.4 Å². The first kappa shape index (κ1) is 33.2. The van der Waals surface area contributed by atoms with Gasteiger partial charge in [-0.25, -0.2) is 9.78 Å². The van der Waals surface area contributed by atoms with Gasteiger partial charge >= 0.3 is 6.09 Å². The third kappa shape index (κ3) is 6.21. The van der Waals surface area contributed by atoms with Gasteiger partial charge in [0.05, 0.1) is 41.1 Å². The zero-order valence-electron chi connectivity index (χ0n) is 28.5. The van der Waals surface area contributed by atoms with Crippen molar-refractivity contribution in [2.45, 2.75) is 77.6 Å². The van der Waals surface area contributed by atoms with Crippen molar-refractivity contribution < 1.29 is 19.1 Å². The highest BCUT2D eigenvalue weighted by Gasteiger charge is 2.38. The van der Waals surface area contributed by atoms with Crippen molar-refractivity contribution in [2.24, 2.45) is 5.92 Å². The molecule has 5 heterocycles. The number of methoxy groups -OCH3 is 1. The van der Waals surface area contributed by atoms with Crippen LogP contribution in [0.4, 0.5) is 4.79 Å². The number of aromatic amines is 1. The molecule has 3 atom stereocenters. The van der Waals surface area contributed by atoms with E-state index >= 15 is 0 Å². The zero-order valence-corrected chi connectivity index (χ0v) is 30.0. The van der Waals surface area contributed by atoms with E-state index < -0.39 is 12.1 Å². The Morgan fingerprint density at radius 1 is 1.06 bits per heavy atom. The summed E-state index contributed by atoms with van der Waals surface area (Å²) in [6, 6.07) is 18.1. The molecule has 2 aromatic carbocycles. The van der Waals surface area contributed by atoms with Gasteiger partial charge in [0, 0.05) is 33.0 Å². The molecule has 8 rings (SSSR count). The minimum atomic E-state index is -0.682. The van der Waals surface area contributed by atoms with Gasteiger partial charge < -0.3 is 24.7 Å². The Morgan fingerprint density at radius 3 is 2.61 bits per heavy atom. The Kier molecular flexibility index (Phi) is 9.19. The molecule has 3 aliphatic rings. The predicted molar refractivity (Wildman–Crippen MR) is 194 cm³/mol. The number of rotatable bonds is 7. The number of H-pyrrole nitrogens is 1. The number of ether oxygens (including phenoxy) is 2. The SMILES string of the molecule is CC.COC(=O)N[C@H](C(=O)N1CCC[C@H]1c1ncc(-c2ccc3c(c2)OC(c2ccc(C4CC4)s2)n2c-3cc3cc(Cl)ccc32)[nH]1)C(C)C. The first-order chi connectivity index (χ1) is 23.8. The molecule has 1 saturated carbocycles. The molecule has 2 fully saturated rings. The number of nitrogens with zero attached hydrogens (tertiary/aromatic N) is 3. The zero-order chi connectivity index (χ0) is 34.4. The summed E-state index contributed by atoms with van der Waals surface area (Å²) in [5, 5.41) is 4.50. The number of imidazole rings is 1. The number of benzene rings is 2. The monoisotopic (exact) mass is 699 g/mol. The largest absolute Gasteiger partial charge is 0.464 e. The molecule has 1 unspecified atom stereocenters. The maximum Gasteiger partial charge on any atom is 0.407 e. The molecule has 3 aromatic heterocycles. The first-order valence-corrected chi connectivity index (χ1v) is 18.4. The number of carbonyl (C=O) groups excluding carboxylic acids is 2. The summed E-state index contributed by atoms with van der Waals surface area (Å²) in [6.45, 7) is 8.43. The van der Waals surface area contributed by atoms with Gasteiger partial charge in [0.15, 0.2) is 0 Å². The Morgan fingerprint density at radius 2 is 1.86 bits per heavy atom. The van der Waals surface area contributed by atoms with Crippen molar-refractivity contribution in [3.8, 4) is 28.3 Å². The van der Waals surface area contributed by atoms with Gasteiger partial charge in [0.25, 0.3) is 0 Å². The number of fused-ring (bicyclic) bond motifs is 5. The lowest BCUT2D eigenvalue weighted by atomic mass is 10.0. The van der Waals surface area contributed by atoms with Crippen LogP contribution in [0.5, 0.6) is 5.75 Å². The number of hydrogen-bond acceptors (Lipinski definition) is 6. The summed E-state index contributed by atoms with van der Waals surface area (Å²) in [5.41, 5.74) is 4.98. The van der Waals surface area contributed by atoms with Crippen molar-refractivity contribution in [2.75, 3.05) is 13.7 Å². The van der Waals surface area contributed by atoms with Crippen LogP contribution in [0.25, 0.3) is 33.4 Å². The minimum absolute atomic E-state index is 0.0977. The van der Waals surface area contributed by atoms with E-state index in [0.717, 1.165) is 57.8 Å². The number of carbonyl (C=O) groups is 2. The van der Waals surface area contributed by atoms with Gasteiger partial charge in [-0.05, 0) is 86.1 Å². The molecule has 11 heteroatoms. The van der Waals surface area contributed by atoms with Crippen LogP contribution in [-0.4, -0.2) is 51.1 Å². The van der Waals surface area contributed by atoms with E-state index in [9.17, 15) is 9.59 Å². The fraction of sp³-hybridized carbons (Fsp3) is 0.395. The lowest BCUT2D eigenvalue weighted by Crippen LogP contribution is -2.51. The second-order valence-corrected chi connectivity index (χ2v) is 14.6. The Hall–Kier alpha value is -4.28. The normalized spacial score (nSPS) is 18.7. The predicted octanol–water partition coefficient (Wildman–Crippen LogP) is 9.30. The first-order valence-electron chi connectivity index (χ1n) is 17.2. The molecule has 0 spiro atoms. The highest BCUT2D eigenvalue weighted by Crippen LogP contribution is 2.49. The Balaban J connectivity index is 0.00000186. The molecule has 9 nitrogen and oxygen atoms in total. The summed E-state index contributed by atoms with van der Waals surface area (Å²) >= 11 is 8.25. The summed E-state index contributed by atoms with van der Waals surface area (Å²) in [5.74, 6) is 1.98. The van der Waals surface area contributed by atoms with E-state index in [-0.39, 0.29) is 24.1 Å². The van der Waals surface area contributed by atoms with Crippen LogP contribution < -0.4 is 10.1 Å². The smallest absolute Gasteiger partial charge is 0.407 e. The number of aromatic nitrogens is 3. The second kappa shape index (κ2) is 13.6. The molecule has 2 amide bonds. The van der Waals surface area contributed by atoms with Gasteiger partial charge in [-0.3, -0.25) is 9.36 Å². The molecule has 2 aliphatic heterocycles. The van der Waals surface area contributed by atoms with Crippen LogP contribution in [0.15, 0.2) is 60.8 Å².